The molecule has 8 nitrogen and oxygen atoms in total. The highest BCUT2D eigenvalue weighted by atomic mass is 35.5. The van der Waals surface area contributed by atoms with Crippen LogP contribution in [0.25, 0.3) is 0 Å². The average molecular weight is 539 g/mol. The van der Waals surface area contributed by atoms with E-state index in [2.05, 4.69) is 50.1 Å². The summed E-state index contributed by atoms with van der Waals surface area (Å²) >= 11 is 6.04. The number of carbonyl (C=O) groups is 1. The first-order valence-electron chi connectivity index (χ1n) is 12.8. The van der Waals surface area contributed by atoms with Crippen LogP contribution < -0.4 is 16.7 Å². The first kappa shape index (κ1) is 27.6. The first-order valence-corrected chi connectivity index (χ1v) is 13.2. The molecule has 0 amide bonds. The Balaban J connectivity index is 1.84. The summed E-state index contributed by atoms with van der Waals surface area (Å²) in [5.74, 6) is -1.97. The number of aliphatic carboxylic acids is 1. The van der Waals surface area contributed by atoms with E-state index in [-0.39, 0.29) is 23.3 Å². The quantitative estimate of drug-likeness (QED) is 0.412. The van der Waals surface area contributed by atoms with Crippen LogP contribution in [0.4, 0.5) is 11.6 Å². The topological polar surface area (TPSA) is 106 Å². The zero-order valence-electron chi connectivity index (χ0n) is 22.7. The molecule has 202 valence electrons. The van der Waals surface area contributed by atoms with Gasteiger partial charge in [-0.2, -0.15) is 4.98 Å². The number of aromatic nitrogens is 3. The second kappa shape index (κ2) is 10.1. The molecule has 1 heterocycles. The molecule has 0 saturated heterocycles. The van der Waals surface area contributed by atoms with E-state index in [4.69, 9.17) is 11.6 Å². The molecular weight excluding hydrogens is 504 g/mol. The molecule has 1 aliphatic carbocycles. The van der Waals surface area contributed by atoms with E-state index in [0.29, 0.717) is 5.02 Å². The smallest absolute Gasteiger partial charge is 0.355 e. The Labute approximate surface area is 227 Å². The third kappa shape index (κ3) is 5.27. The van der Waals surface area contributed by atoms with E-state index >= 15 is 0 Å². The molecule has 4 rings (SSSR count). The minimum absolute atomic E-state index is 0.0231. The third-order valence-corrected chi connectivity index (χ3v) is 8.24. The van der Waals surface area contributed by atoms with Crippen LogP contribution in [0.15, 0.2) is 52.1 Å². The fourth-order valence-corrected chi connectivity index (χ4v) is 5.22. The van der Waals surface area contributed by atoms with Gasteiger partial charge in [0, 0.05) is 10.7 Å². The zero-order valence-corrected chi connectivity index (χ0v) is 23.5. The molecule has 2 atom stereocenters. The van der Waals surface area contributed by atoms with Crippen molar-refractivity contribution in [2.45, 2.75) is 77.8 Å². The molecule has 2 N–H and O–H groups in total. The maximum absolute atomic E-state index is 13.7. The van der Waals surface area contributed by atoms with Gasteiger partial charge >= 0.3 is 17.3 Å². The number of nitrogens with one attached hydrogen (secondary N) is 1. The summed E-state index contributed by atoms with van der Waals surface area (Å²) in [7, 11) is 0. The van der Waals surface area contributed by atoms with Crippen molar-refractivity contribution in [1.29, 1.82) is 0 Å². The lowest BCUT2D eigenvalue weighted by Crippen LogP contribution is -2.46. The van der Waals surface area contributed by atoms with Gasteiger partial charge in [-0.15, -0.1) is 0 Å². The van der Waals surface area contributed by atoms with Crippen LogP contribution >= 0.6 is 11.6 Å². The highest BCUT2D eigenvalue weighted by molar-refractivity contribution is 6.30. The van der Waals surface area contributed by atoms with Crippen LogP contribution in [0.5, 0.6) is 0 Å². The van der Waals surface area contributed by atoms with Crippen molar-refractivity contribution in [1.82, 2.24) is 14.1 Å². The maximum Gasteiger partial charge on any atom is 0.355 e. The van der Waals surface area contributed by atoms with Crippen LogP contribution in [0.1, 0.15) is 77.1 Å². The van der Waals surface area contributed by atoms with E-state index < -0.39 is 29.3 Å². The van der Waals surface area contributed by atoms with Gasteiger partial charge in [-0.05, 0) is 78.5 Å². The van der Waals surface area contributed by atoms with E-state index in [9.17, 15) is 19.5 Å². The number of anilines is 2. The lowest BCUT2D eigenvalue weighted by molar-refractivity contribution is -0.142. The lowest BCUT2D eigenvalue weighted by atomic mass is 9.63. The predicted molar refractivity (Wildman–Crippen MR) is 150 cm³/mol. The summed E-state index contributed by atoms with van der Waals surface area (Å²) in [5, 5.41) is 13.3. The molecule has 0 bridgehead atoms. The number of rotatable bonds is 7. The highest BCUT2D eigenvalue weighted by Gasteiger charge is 2.37. The zero-order chi connectivity index (χ0) is 28.0. The fourth-order valence-electron chi connectivity index (χ4n) is 5.09. The summed E-state index contributed by atoms with van der Waals surface area (Å²) in [6.07, 6.45) is 2.14. The van der Waals surface area contributed by atoms with Crippen LogP contribution in [0, 0.1) is 5.92 Å². The Morgan fingerprint density at radius 2 is 1.63 bits per heavy atom. The minimum atomic E-state index is -1.10. The molecule has 1 aliphatic rings. The number of nitrogens with zero attached hydrogens (tertiary/aromatic N) is 3. The van der Waals surface area contributed by atoms with Gasteiger partial charge in [-0.1, -0.05) is 57.5 Å². The van der Waals surface area contributed by atoms with Gasteiger partial charge in [0.2, 0.25) is 5.95 Å². The molecule has 3 aromatic rings. The Morgan fingerprint density at radius 3 is 2.24 bits per heavy atom. The van der Waals surface area contributed by atoms with E-state index in [0.717, 1.165) is 28.7 Å². The normalized spacial score (nSPS) is 17.3. The van der Waals surface area contributed by atoms with E-state index in [1.807, 2.05) is 6.07 Å². The fraction of sp³-hybridized carbons (Fsp3) is 0.448. The molecule has 0 spiro atoms. The predicted octanol–water partition coefficient (Wildman–Crippen LogP) is 5.48. The van der Waals surface area contributed by atoms with Crippen molar-refractivity contribution >= 4 is 29.2 Å². The molecule has 0 aliphatic heterocycles. The second-order valence-electron chi connectivity index (χ2n) is 11.6. The number of hydrogen-bond donors (Lipinski definition) is 2. The van der Waals surface area contributed by atoms with Crippen LogP contribution in [0.2, 0.25) is 5.02 Å². The second-order valence-corrected chi connectivity index (χ2v) is 12.0. The van der Waals surface area contributed by atoms with Gasteiger partial charge in [0.1, 0.15) is 0 Å². The Kier molecular flexibility index (Phi) is 7.32. The molecule has 38 heavy (non-hydrogen) atoms. The van der Waals surface area contributed by atoms with Crippen LogP contribution in [0.3, 0.4) is 0 Å². The molecule has 9 heteroatoms. The van der Waals surface area contributed by atoms with Gasteiger partial charge in [-0.25, -0.2) is 14.2 Å². The summed E-state index contributed by atoms with van der Waals surface area (Å²) in [6, 6.07) is 12.3. The first-order chi connectivity index (χ1) is 17.7. The van der Waals surface area contributed by atoms with E-state index in [1.54, 1.807) is 24.3 Å². The van der Waals surface area contributed by atoms with Crippen molar-refractivity contribution in [3.05, 3.63) is 85.1 Å². The van der Waals surface area contributed by atoms with Crippen molar-refractivity contribution in [3.8, 4) is 0 Å². The molecule has 0 saturated carbocycles. The van der Waals surface area contributed by atoms with Gasteiger partial charge in [0.25, 0.3) is 0 Å². The molecule has 1 aromatic heterocycles. The standard InChI is InChI=1S/C29H35ClN4O4/c1-17(24(35)36)18(2)34-26(37)32-25(33(27(34)38)16-19-7-9-20(30)10-8-19)31-21-11-12-22-23(15-21)29(5,6)14-13-28(22,3)4/h7-12,15,17-18H,13-14,16H2,1-6H3,(H,35,36)(H,31,32,37)/t17-,18?/m1/s1. The van der Waals surface area contributed by atoms with Gasteiger partial charge in [0.05, 0.1) is 18.5 Å². The number of fused-ring (bicyclic) bond motifs is 1. The number of hydrogen-bond acceptors (Lipinski definition) is 5. The lowest BCUT2D eigenvalue weighted by Gasteiger charge is -2.42. The molecular formula is C29H35ClN4O4. The number of halogens is 1. The summed E-state index contributed by atoms with van der Waals surface area (Å²) in [4.78, 5) is 42.6. The highest BCUT2D eigenvalue weighted by Crippen LogP contribution is 2.46. The van der Waals surface area contributed by atoms with Gasteiger partial charge < -0.3 is 10.4 Å². The van der Waals surface area contributed by atoms with Crippen molar-refractivity contribution < 1.29 is 9.90 Å². The SMILES string of the molecule is CC([C@@H](C)C(=O)O)n1c(=O)nc(Nc2ccc3c(c2)C(C)(C)CCC3(C)C)n(Cc2ccc(Cl)cc2)c1=O. The maximum atomic E-state index is 13.7. The number of carboxylic acids is 1. The largest absolute Gasteiger partial charge is 0.481 e. The molecule has 0 radical (unpaired) electrons. The van der Waals surface area contributed by atoms with E-state index in [1.165, 1.54) is 29.5 Å². The van der Waals surface area contributed by atoms with Gasteiger partial charge in [-0.3, -0.25) is 9.36 Å². The molecule has 1 unspecified atom stereocenters. The van der Waals surface area contributed by atoms with Gasteiger partial charge in [0.15, 0.2) is 0 Å². The third-order valence-electron chi connectivity index (χ3n) is 7.98. The van der Waals surface area contributed by atoms with Crippen LogP contribution in [-0.2, 0) is 22.2 Å². The Morgan fingerprint density at radius 1 is 1.03 bits per heavy atom. The van der Waals surface area contributed by atoms with Crippen molar-refractivity contribution in [2.24, 2.45) is 5.92 Å². The minimum Gasteiger partial charge on any atom is -0.481 e. The number of carboxylic acid groups (broad SMARTS) is 1. The number of benzene rings is 2. The van der Waals surface area contributed by atoms with Crippen LogP contribution in [-0.4, -0.2) is 25.2 Å². The van der Waals surface area contributed by atoms with Crippen molar-refractivity contribution in [3.63, 3.8) is 0 Å². The Hall–Kier alpha value is -3.39. The Bertz CT molecular complexity index is 1490. The summed E-state index contributed by atoms with van der Waals surface area (Å²) < 4.78 is 2.28. The monoisotopic (exact) mass is 538 g/mol. The molecule has 2 aromatic carbocycles. The molecule has 0 fully saturated rings. The van der Waals surface area contributed by atoms with Crippen molar-refractivity contribution in [2.75, 3.05) is 5.32 Å². The average Bonchev–Trinajstić information content (AvgIpc) is 2.85. The summed E-state index contributed by atoms with van der Waals surface area (Å²) in [6.45, 7) is 12.1. The summed E-state index contributed by atoms with van der Waals surface area (Å²) in [5.41, 5.74) is 2.60.